The van der Waals surface area contributed by atoms with Crippen LogP contribution in [0.2, 0.25) is 0 Å². The summed E-state index contributed by atoms with van der Waals surface area (Å²) in [6.45, 7) is 5.73. The fourth-order valence-electron chi connectivity index (χ4n) is 2.80. The van der Waals surface area contributed by atoms with Crippen LogP contribution >= 0.6 is 0 Å². The van der Waals surface area contributed by atoms with Crippen LogP contribution in [0.15, 0.2) is 54.6 Å². The van der Waals surface area contributed by atoms with Gasteiger partial charge in [-0.2, -0.15) is 4.98 Å². The van der Waals surface area contributed by atoms with Crippen molar-refractivity contribution in [2.45, 2.75) is 26.8 Å². The van der Waals surface area contributed by atoms with E-state index in [0.29, 0.717) is 23.0 Å². The molecule has 0 bridgehead atoms. The molecular formula is C22H25FN4O. The van der Waals surface area contributed by atoms with Gasteiger partial charge in [-0.25, -0.2) is 9.37 Å². The maximum absolute atomic E-state index is 13.9. The van der Waals surface area contributed by atoms with Crippen LogP contribution in [0, 0.1) is 18.7 Å². The number of aliphatic hydroxyl groups excluding tert-OH is 1. The number of hydrogen-bond donors (Lipinski definition) is 3. The van der Waals surface area contributed by atoms with Crippen molar-refractivity contribution in [1.82, 2.24) is 9.97 Å². The second kappa shape index (κ2) is 8.80. The summed E-state index contributed by atoms with van der Waals surface area (Å²) in [7, 11) is 0. The predicted octanol–water partition coefficient (Wildman–Crippen LogP) is 4.76. The molecule has 2 aromatic carbocycles. The molecule has 0 radical (unpaired) electrons. The Labute approximate surface area is 164 Å². The van der Waals surface area contributed by atoms with Crippen molar-refractivity contribution in [1.29, 1.82) is 0 Å². The van der Waals surface area contributed by atoms with Crippen molar-refractivity contribution in [2.24, 2.45) is 5.92 Å². The minimum absolute atomic E-state index is 0.0254. The molecule has 0 saturated heterocycles. The number of aromatic nitrogens is 2. The number of halogens is 1. The SMILES string of the molecule is Cc1c(F)cccc1Nc1cc(-c2ccccc2)nc(N[C@H](CO)C(C)C)n1. The van der Waals surface area contributed by atoms with Crippen LogP contribution in [-0.2, 0) is 0 Å². The summed E-state index contributed by atoms with van der Waals surface area (Å²) in [5, 5.41) is 16.0. The highest BCUT2D eigenvalue weighted by atomic mass is 19.1. The van der Waals surface area contributed by atoms with Gasteiger partial charge < -0.3 is 15.7 Å². The summed E-state index contributed by atoms with van der Waals surface area (Å²) >= 11 is 0. The lowest BCUT2D eigenvalue weighted by Crippen LogP contribution is -2.30. The van der Waals surface area contributed by atoms with Crippen LogP contribution in [0.1, 0.15) is 19.4 Å². The van der Waals surface area contributed by atoms with Crippen LogP contribution < -0.4 is 10.6 Å². The van der Waals surface area contributed by atoms with Gasteiger partial charge in [0.15, 0.2) is 0 Å². The molecule has 0 fully saturated rings. The number of nitrogens with zero attached hydrogens (tertiary/aromatic N) is 2. The highest BCUT2D eigenvalue weighted by Gasteiger charge is 2.15. The molecule has 146 valence electrons. The fourth-order valence-corrected chi connectivity index (χ4v) is 2.80. The van der Waals surface area contributed by atoms with Gasteiger partial charge in [-0.3, -0.25) is 0 Å². The van der Waals surface area contributed by atoms with Crippen LogP contribution in [0.5, 0.6) is 0 Å². The monoisotopic (exact) mass is 380 g/mol. The van der Waals surface area contributed by atoms with Crippen molar-refractivity contribution in [3.05, 3.63) is 66.0 Å². The number of hydrogen-bond acceptors (Lipinski definition) is 5. The largest absolute Gasteiger partial charge is 0.394 e. The molecule has 0 amide bonds. The van der Waals surface area contributed by atoms with Crippen LogP contribution in [-0.4, -0.2) is 27.7 Å². The summed E-state index contributed by atoms with van der Waals surface area (Å²) in [5.74, 6) is 0.882. The third-order valence-electron chi connectivity index (χ3n) is 4.64. The first kappa shape index (κ1) is 19.8. The molecular weight excluding hydrogens is 355 g/mol. The lowest BCUT2D eigenvalue weighted by Gasteiger charge is -2.21. The number of aliphatic hydroxyl groups is 1. The van der Waals surface area contributed by atoms with Gasteiger partial charge in [-0.1, -0.05) is 50.2 Å². The van der Waals surface area contributed by atoms with Crippen molar-refractivity contribution >= 4 is 17.5 Å². The molecule has 1 aromatic heterocycles. The van der Waals surface area contributed by atoms with Gasteiger partial charge in [-0.05, 0) is 25.0 Å². The number of anilines is 3. The van der Waals surface area contributed by atoms with Gasteiger partial charge in [-0.15, -0.1) is 0 Å². The zero-order valence-corrected chi connectivity index (χ0v) is 16.3. The number of nitrogens with one attached hydrogen (secondary N) is 2. The lowest BCUT2D eigenvalue weighted by atomic mass is 10.1. The topological polar surface area (TPSA) is 70.1 Å². The van der Waals surface area contributed by atoms with E-state index >= 15 is 0 Å². The highest BCUT2D eigenvalue weighted by Crippen LogP contribution is 2.26. The van der Waals surface area contributed by atoms with Crippen LogP contribution in [0.25, 0.3) is 11.3 Å². The Morgan fingerprint density at radius 1 is 1.04 bits per heavy atom. The molecule has 3 aromatic rings. The molecule has 0 aliphatic rings. The molecule has 0 aliphatic carbocycles. The molecule has 1 heterocycles. The zero-order chi connectivity index (χ0) is 20.1. The second-order valence-electron chi connectivity index (χ2n) is 7.04. The Balaban J connectivity index is 2.00. The summed E-state index contributed by atoms with van der Waals surface area (Å²) in [6.07, 6.45) is 0. The first-order chi connectivity index (χ1) is 13.5. The maximum Gasteiger partial charge on any atom is 0.225 e. The first-order valence-corrected chi connectivity index (χ1v) is 9.32. The van der Waals surface area contributed by atoms with Crippen molar-refractivity contribution in [2.75, 3.05) is 17.2 Å². The lowest BCUT2D eigenvalue weighted by molar-refractivity contribution is 0.248. The number of benzene rings is 2. The van der Waals surface area contributed by atoms with Gasteiger partial charge in [0.1, 0.15) is 11.6 Å². The Morgan fingerprint density at radius 2 is 1.79 bits per heavy atom. The summed E-state index contributed by atoms with van der Waals surface area (Å²) in [4.78, 5) is 9.14. The summed E-state index contributed by atoms with van der Waals surface area (Å²) < 4.78 is 13.9. The molecule has 0 spiro atoms. The van der Waals surface area contributed by atoms with Crippen LogP contribution in [0.3, 0.4) is 0 Å². The summed E-state index contributed by atoms with van der Waals surface area (Å²) in [5.41, 5.74) is 2.84. The van der Waals surface area contributed by atoms with Gasteiger partial charge >= 0.3 is 0 Å². The molecule has 3 rings (SSSR count). The quantitative estimate of drug-likeness (QED) is 0.551. The van der Waals surface area contributed by atoms with E-state index in [-0.39, 0.29) is 24.4 Å². The van der Waals surface area contributed by atoms with E-state index in [9.17, 15) is 9.50 Å². The molecule has 0 unspecified atom stereocenters. The average molecular weight is 380 g/mol. The zero-order valence-electron chi connectivity index (χ0n) is 16.3. The Kier molecular flexibility index (Phi) is 6.21. The van der Waals surface area contributed by atoms with Crippen molar-refractivity contribution in [3.63, 3.8) is 0 Å². The average Bonchev–Trinajstić information content (AvgIpc) is 2.70. The third kappa shape index (κ3) is 4.64. The summed E-state index contributed by atoms with van der Waals surface area (Å²) in [6, 6.07) is 16.3. The molecule has 6 heteroatoms. The second-order valence-corrected chi connectivity index (χ2v) is 7.04. The van der Waals surface area contributed by atoms with E-state index in [1.54, 1.807) is 19.1 Å². The minimum Gasteiger partial charge on any atom is -0.394 e. The third-order valence-corrected chi connectivity index (χ3v) is 4.64. The first-order valence-electron chi connectivity index (χ1n) is 9.32. The van der Waals surface area contributed by atoms with E-state index < -0.39 is 0 Å². The molecule has 0 saturated carbocycles. The van der Waals surface area contributed by atoms with E-state index in [4.69, 9.17) is 0 Å². The minimum atomic E-state index is -0.277. The van der Waals surface area contributed by atoms with Gasteiger partial charge in [0.25, 0.3) is 0 Å². The standard InChI is InChI=1S/C22H25FN4O/c1-14(2)20(13-28)26-22-25-19(16-8-5-4-6-9-16)12-21(27-22)24-18-11-7-10-17(23)15(18)3/h4-12,14,20,28H,13H2,1-3H3,(H2,24,25,26,27)/t20-/m1/s1. The predicted molar refractivity (Wildman–Crippen MR) is 111 cm³/mol. The Hall–Kier alpha value is -2.99. The van der Waals surface area contributed by atoms with Crippen LogP contribution in [0.4, 0.5) is 21.8 Å². The highest BCUT2D eigenvalue weighted by molar-refractivity contribution is 5.68. The van der Waals surface area contributed by atoms with Gasteiger partial charge in [0.05, 0.1) is 18.3 Å². The maximum atomic E-state index is 13.9. The van der Waals surface area contributed by atoms with E-state index in [1.165, 1.54) is 6.07 Å². The Morgan fingerprint density at radius 3 is 2.46 bits per heavy atom. The molecule has 3 N–H and O–H groups in total. The van der Waals surface area contributed by atoms with E-state index in [0.717, 1.165) is 11.3 Å². The van der Waals surface area contributed by atoms with E-state index in [1.807, 2.05) is 50.2 Å². The van der Waals surface area contributed by atoms with Gasteiger partial charge in [0.2, 0.25) is 5.95 Å². The molecule has 28 heavy (non-hydrogen) atoms. The molecule has 1 atom stereocenters. The fraction of sp³-hybridized carbons (Fsp3) is 0.273. The Bertz CT molecular complexity index is 931. The molecule has 5 nitrogen and oxygen atoms in total. The van der Waals surface area contributed by atoms with Crippen molar-refractivity contribution < 1.29 is 9.50 Å². The number of rotatable bonds is 7. The normalized spacial score (nSPS) is 12.1. The smallest absolute Gasteiger partial charge is 0.225 e. The van der Waals surface area contributed by atoms with Crippen molar-refractivity contribution in [3.8, 4) is 11.3 Å². The van der Waals surface area contributed by atoms with E-state index in [2.05, 4.69) is 20.6 Å². The van der Waals surface area contributed by atoms with Gasteiger partial charge in [0, 0.05) is 22.9 Å². The molecule has 0 aliphatic heterocycles.